The molecule has 2 aromatic heterocycles. The summed E-state index contributed by atoms with van der Waals surface area (Å²) < 4.78 is 18.7. The van der Waals surface area contributed by atoms with E-state index in [2.05, 4.69) is 38.5 Å². The highest BCUT2D eigenvalue weighted by Crippen LogP contribution is 2.44. The standard InChI is InChI=1S/C28H28BrIN4O6S2/c1-6-39-18-12-15(11-17(29)22(18)40-13-14-7-9-16(30)10-8-14)19(20-23(35)31(2)27(41)32(3)24(20)36)21-25(37)33(4)28(42)34(5)26(21)38/h7-12,19,35,37H,6,13H2,1-5H3. The van der Waals surface area contributed by atoms with Crippen LogP contribution < -0.4 is 20.6 Å². The molecule has 0 amide bonds. The van der Waals surface area contributed by atoms with Crippen LogP contribution in [0.1, 0.15) is 35.1 Å². The molecule has 0 unspecified atom stereocenters. The van der Waals surface area contributed by atoms with Crippen molar-refractivity contribution in [1.29, 1.82) is 0 Å². The lowest BCUT2D eigenvalue weighted by Gasteiger charge is -2.24. The van der Waals surface area contributed by atoms with E-state index in [0.717, 1.165) is 9.13 Å². The van der Waals surface area contributed by atoms with Crippen molar-refractivity contribution in [3.8, 4) is 23.3 Å². The van der Waals surface area contributed by atoms with E-state index in [-0.39, 0.29) is 27.3 Å². The van der Waals surface area contributed by atoms with Gasteiger partial charge in [-0.2, -0.15) is 0 Å². The second-order valence-corrected chi connectivity index (χ2v) is 12.3. The molecule has 4 rings (SSSR count). The predicted molar refractivity (Wildman–Crippen MR) is 176 cm³/mol. The molecule has 0 radical (unpaired) electrons. The van der Waals surface area contributed by atoms with Crippen molar-refractivity contribution in [2.75, 3.05) is 6.61 Å². The maximum absolute atomic E-state index is 13.7. The summed E-state index contributed by atoms with van der Waals surface area (Å²) in [7, 11) is 5.95. The van der Waals surface area contributed by atoms with Gasteiger partial charge in [-0.25, -0.2) is 0 Å². The molecule has 0 saturated heterocycles. The van der Waals surface area contributed by atoms with Gasteiger partial charge in [0.15, 0.2) is 21.0 Å². The molecule has 0 saturated carbocycles. The molecule has 0 aliphatic carbocycles. The maximum Gasteiger partial charge on any atom is 0.262 e. The van der Waals surface area contributed by atoms with Crippen molar-refractivity contribution in [3.63, 3.8) is 0 Å². The van der Waals surface area contributed by atoms with E-state index >= 15 is 0 Å². The Balaban J connectivity index is 2.04. The summed E-state index contributed by atoms with van der Waals surface area (Å²) in [6.45, 7) is 2.36. The highest BCUT2D eigenvalue weighted by atomic mass is 127. The molecule has 0 bridgehead atoms. The number of halogens is 2. The Hall–Kier alpha value is -2.95. The van der Waals surface area contributed by atoms with Crippen LogP contribution in [-0.2, 0) is 34.8 Å². The minimum atomic E-state index is -1.26. The van der Waals surface area contributed by atoms with Gasteiger partial charge in [0, 0.05) is 31.8 Å². The van der Waals surface area contributed by atoms with Gasteiger partial charge in [-0.3, -0.25) is 27.9 Å². The van der Waals surface area contributed by atoms with E-state index in [1.54, 1.807) is 12.1 Å². The van der Waals surface area contributed by atoms with E-state index in [0.29, 0.717) is 28.1 Å². The van der Waals surface area contributed by atoms with E-state index in [4.69, 9.17) is 33.9 Å². The van der Waals surface area contributed by atoms with Gasteiger partial charge >= 0.3 is 0 Å². The van der Waals surface area contributed by atoms with Crippen LogP contribution in [-0.4, -0.2) is 35.1 Å². The fourth-order valence-electron chi connectivity index (χ4n) is 4.60. The van der Waals surface area contributed by atoms with Gasteiger partial charge in [-0.15, -0.1) is 0 Å². The van der Waals surface area contributed by atoms with Crippen LogP contribution in [0.2, 0.25) is 0 Å². The quantitative estimate of drug-likeness (QED) is 0.186. The Kier molecular flexibility index (Phi) is 9.69. The Morgan fingerprint density at radius 1 is 0.857 bits per heavy atom. The second kappa shape index (κ2) is 12.7. The zero-order valence-electron chi connectivity index (χ0n) is 23.3. The Morgan fingerprint density at radius 2 is 1.36 bits per heavy atom. The molecule has 0 spiro atoms. The molecule has 2 heterocycles. The summed E-state index contributed by atoms with van der Waals surface area (Å²) in [6, 6.07) is 11.2. The monoisotopic (exact) mass is 786 g/mol. The second-order valence-electron chi connectivity index (χ2n) is 9.50. The number of aromatic nitrogens is 4. The summed E-state index contributed by atoms with van der Waals surface area (Å²) in [6.07, 6.45) is 0. The number of nitrogens with zero attached hydrogens (tertiary/aromatic N) is 4. The lowest BCUT2D eigenvalue weighted by atomic mass is 9.86. The molecule has 222 valence electrons. The fraction of sp³-hybridized carbons (Fsp3) is 0.286. The van der Waals surface area contributed by atoms with Gasteiger partial charge < -0.3 is 19.7 Å². The van der Waals surface area contributed by atoms with Crippen LogP contribution in [0.4, 0.5) is 0 Å². The Labute approximate surface area is 273 Å². The first kappa shape index (κ1) is 32.0. The zero-order valence-corrected chi connectivity index (χ0v) is 28.7. The van der Waals surface area contributed by atoms with E-state index in [1.165, 1.54) is 46.5 Å². The molecule has 42 heavy (non-hydrogen) atoms. The van der Waals surface area contributed by atoms with E-state index in [1.807, 2.05) is 31.2 Å². The zero-order chi connectivity index (χ0) is 31.0. The Morgan fingerprint density at radius 3 is 1.83 bits per heavy atom. The Bertz CT molecular complexity index is 1850. The third kappa shape index (κ3) is 5.81. The normalized spacial score (nSPS) is 11.2. The molecule has 0 aliphatic heterocycles. The minimum absolute atomic E-state index is 0.0686. The number of benzene rings is 2. The van der Waals surface area contributed by atoms with Gasteiger partial charge in [0.05, 0.1) is 28.1 Å². The smallest absolute Gasteiger partial charge is 0.262 e. The molecular weight excluding hydrogens is 759 g/mol. The molecule has 2 N–H and O–H groups in total. The highest BCUT2D eigenvalue weighted by molar-refractivity contribution is 14.1. The summed E-state index contributed by atoms with van der Waals surface area (Å²) >= 11 is 16.4. The first-order valence-corrected chi connectivity index (χ1v) is 15.3. The van der Waals surface area contributed by atoms with Crippen LogP contribution in [0, 0.1) is 13.1 Å². The van der Waals surface area contributed by atoms with Crippen molar-refractivity contribution in [1.82, 2.24) is 18.3 Å². The number of hydrogen-bond acceptors (Lipinski definition) is 8. The number of rotatable bonds is 8. The summed E-state index contributed by atoms with van der Waals surface area (Å²) in [5.74, 6) is -1.42. The minimum Gasteiger partial charge on any atom is -0.494 e. The topological polar surface area (TPSA) is 113 Å². The SMILES string of the molecule is CCOc1cc(C(c2c(O)n(C)c(=S)n(C)c2=O)c2c(O)n(C)c(=S)n(C)c2=O)cc(Br)c1OCc1ccc(I)cc1. The van der Waals surface area contributed by atoms with Crippen LogP contribution in [0.15, 0.2) is 50.5 Å². The predicted octanol–water partition coefficient (Wildman–Crippen LogP) is 5.16. The molecule has 0 atom stereocenters. The number of ether oxygens (including phenoxy) is 2. The van der Waals surface area contributed by atoms with Crippen LogP contribution in [0.5, 0.6) is 23.3 Å². The number of hydrogen-bond donors (Lipinski definition) is 2. The summed E-state index contributed by atoms with van der Waals surface area (Å²) in [5.41, 5.74) is -0.303. The lowest BCUT2D eigenvalue weighted by Crippen LogP contribution is -2.33. The number of aromatic hydroxyl groups is 2. The van der Waals surface area contributed by atoms with Crippen LogP contribution in [0.3, 0.4) is 0 Å². The third-order valence-electron chi connectivity index (χ3n) is 6.87. The molecule has 4 aromatic rings. The first-order valence-electron chi connectivity index (χ1n) is 12.6. The van der Waals surface area contributed by atoms with Crippen molar-refractivity contribution in [2.24, 2.45) is 28.2 Å². The highest BCUT2D eigenvalue weighted by Gasteiger charge is 2.33. The van der Waals surface area contributed by atoms with Crippen molar-refractivity contribution in [2.45, 2.75) is 19.4 Å². The van der Waals surface area contributed by atoms with Crippen LogP contribution in [0.25, 0.3) is 0 Å². The lowest BCUT2D eigenvalue weighted by molar-refractivity contribution is 0.267. The first-order chi connectivity index (χ1) is 19.8. The molecule has 14 heteroatoms. The van der Waals surface area contributed by atoms with Gasteiger partial charge in [0.2, 0.25) is 11.8 Å². The van der Waals surface area contributed by atoms with Gasteiger partial charge in [0.1, 0.15) is 6.61 Å². The van der Waals surface area contributed by atoms with Crippen LogP contribution >= 0.6 is 63.0 Å². The summed E-state index contributed by atoms with van der Waals surface area (Å²) in [4.78, 5) is 27.4. The molecule has 10 nitrogen and oxygen atoms in total. The van der Waals surface area contributed by atoms with E-state index < -0.39 is 28.8 Å². The van der Waals surface area contributed by atoms with Gasteiger partial charge in [-0.1, -0.05) is 12.1 Å². The van der Waals surface area contributed by atoms with E-state index in [9.17, 15) is 19.8 Å². The average Bonchev–Trinajstić information content (AvgIpc) is 2.96. The van der Waals surface area contributed by atoms with Crippen molar-refractivity contribution in [3.05, 3.63) is 96.9 Å². The van der Waals surface area contributed by atoms with Gasteiger partial charge in [0.25, 0.3) is 11.1 Å². The molecule has 2 aromatic carbocycles. The average molecular weight is 787 g/mol. The molecule has 0 fully saturated rings. The van der Waals surface area contributed by atoms with Crippen molar-refractivity contribution < 1.29 is 19.7 Å². The third-order valence-corrected chi connectivity index (χ3v) is 9.28. The molecular formula is C28H28BrIN4O6S2. The molecule has 0 aliphatic rings. The largest absolute Gasteiger partial charge is 0.494 e. The maximum atomic E-state index is 13.7. The summed E-state index contributed by atoms with van der Waals surface area (Å²) in [5, 5.41) is 22.5. The van der Waals surface area contributed by atoms with Gasteiger partial charge in [-0.05, 0) is 105 Å². The fourth-order valence-corrected chi connectivity index (χ4v) is 5.87. The van der Waals surface area contributed by atoms with Crippen molar-refractivity contribution >= 4 is 63.0 Å².